The van der Waals surface area contributed by atoms with Crippen LogP contribution in [0.25, 0.3) is 22.1 Å². The molecule has 0 bridgehead atoms. The molecule has 2 aromatic carbocycles. The SMILES string of the molecule is CC(C)=CCc1c(O)cc2occ(-c3cc4c(cc3O)OCO4)c(=O)c2c1O. The van der Waals surface area contributed by atoms with Crippen molar-refractivity contribution in [2.24, 2.45) is 0 Å². The van der Waals surface area contributed by atoms with E-state index in [-0.39, 0.29) is 58.1 Å². The molecular formula is C21H18O7. The molecule has 0 saturated heterocycles. The Balaban J connectivity index is 1.94. The lowest BCUT2D eigenvalue weighted by Gasteiger charge is -2.11. The first-order chi connectivity index (χ1) is 13.4. The van der Waals surface area contributed by atoms with Gasteiger partial charge in [-0.25, -0.2) is 0 Å². The zero-order chi connectivity index (χ0) is 20.0. The first-order valence-electron chi connectivity index (χ1n) is 8.62. The van der Waals surface area contributed by atoms with Gasteiger partial charge in [-0.05, 0) is 26.3 Å². The lowest BCUT2D eigenvalue weighted by atomic mass is 10.00. The molecule has 2 heterocycles. The van der Waals surface area contributed by atoms with Gasteiger partial charge in [0.15, 0.2) is 11.5 Å². The average molecular weight is 382 g/mol. The van der Waals surface area contributed by atoms with Gasteiger partial charge in [-0.1, -0.05) is 11.6 Å². The van der Waals surface area contributed by atoms with E-state index in [9.17, 15) is 20.1 Å². The maximum Gasteiger partial charge on any atom is 0.231 e. The van der Waals surface area contributed by atoms with Gasteiger partial charge in [-0.3, -0.25) is 4.79 Å². The molecule has 7 nitrogen and oxygen atoms in total. The molecule has 4 rings (SSSR count). The Bertz CT molecular complexity index is 1180. The fourth-order valence-corrected chi connectivity index (χ4v) is 3.14. The molecule has 3 N–H and O–H groups in total. The number of hydrogen-bond donors (Lipinski definition) is 3. The van der Waals surface area contributed by atoms with Crippen molar-refractivity contribution in [3.63, 3.8) is 0 Å². The summed E-state index contributed by atoms with van der Waals surface area (Å²) >= 11 is 0. The van der Waals surface area contributed by atoms with Crippen LogP contribution in [0, 0.1) is 0 Å². The Hall–Kier alpha value is -3.61. The molecule has 0 radical (unpaired) electrons. The number of benzene rings is 2. The van der Waals surface area contributed by atoms with Crippen molar-refractivity contribution in [2.75, 3.05) is 6.79 Å². The summed E-state index contributed by atoms with van der Waals surface area (Å²) in [4.78, 5) is 13.1. The molecule has 144 valence electrons. The van der Waals surface area contributed by atoms with Gasteiger partial charge in [0, 0.05) is 23.3 Å². The van der Waals surface area contributed by atoms with Crippen LogP contribution < -0.4 is 14.9 Å². The number of phenolic OH excluding ortho intramolecular Hbond substituents is 3. The minimum Gasteiger partial charge on any atom is -0.507 e. The van der Waals surface area contributed by atoms with E-state index in [1.54, 1.807) is 0 Å². The fraction of sp³-hybridized carbons (Fsp3) is 0.190. The Labute approximate surface area is 159 Å². The van der Waals surface area contributed by atoms with E-state index in [2.05, 4.69) is 0 Å². The summed E-state index contributed by atoms with van der Waals surface area (Å²) in [5, 5.41) is 31.1. The highest BCUT2D eigenvalue weighted by atomic mass is 16.7. The van der Waals surface area contributed by atoms with Gasteiger partial charge in [-0.15, -0.1) is 0 Å². The maximum absolute atomic E-state index is 13.1. The van der Waals surface area contributed by atoms with Gasteiger partial charge in [0.05, 0.1) is 5.56 Å². The third-order valence-corrected chi connectivity index (χ3v) is 4.62. The van der Waals surface area contributed by atoms with Gasteiger partial charge >= 0.3 is 0 Å². The second kappa shape index (κ2) is 6.53. The molecular weight excluding hydrogens is 364 g/mol. The minimum atomic E-state index is -0.536. The molecule has 0 amide bonds. The summed E-state index contributed by atoms with van der Waals surface area (Å²) in [6.45, 7) is 3.81. The van der Waals surface area contributed by atoms with Crippen molar-refractivity contribution in [3.8, 4) is 39.9 Å². The summed E-state index contributed by atoms with van der Waals surface area (Å²) in [7, 11) is 0. The molecule has 0 fully saturated rings. The van der Waals surface area contributed by atoms with Crippen molar-refractivity contribution < 1.29 is 29.2 Å². The fourth-order valence-electron chi connectivity index (χ4n) is 3.14. The second-order valence-electron chi connectivity index (χ2n) is 6.78. The van der Waals surface area contributed by atoms with E-state index < -0.39 is 5.43 Å². The molecule has 7 heteroatoms. The molecule has 1 aliphatic rings. The van der Waals surface area contributed by atoms with Crippen molar-refractivity contribution in [2.45, 2.75) is 20.3 Å². The maximum atomic E-state index is 13.1. The van der Waals surface area contributed by atoms with Crippen LogP contribution in [0.5, 0.6) is 28.7 Å². The highest BCUT2D eigenvalue weighted by Crippen LogP contribution is 2.42. The van der Waals surface area contributed by atoms with Crippen molar-refractivity contribution in [1.29, 1.82) is 0 Å². The van der Waals surface area contributed by atoms with Crippen molar-refractivity contribution >= 4 is 11.0 Å². The molecule has 0 aliphatic carbocycles. The number of fused-ring (bicyclic) bond motifs is 2. The molecule has 1 aliphatic heterocycles. The molecule has 1 aromatic heterocycles. The van der Waals surface area contributed by atoms with Crippen LogP contribution in [0.1, 0.15) is 19.4 Å². The Morgan fingerprint density at radius 1 is 1.04 bits per heavy atom. The molecule has 3 aromatic rings. The Morgan fingerprint density at radius 2 is 1.75 bits per heavy atom. The monoisotopic (exact) mass is 382 g/mol. The van der Waals surface area contributed by atoms with E-state index in [0.29, 0.717) is 11.5 Å². The third kappa shape index (κ3) is 2.81. The first kappa shape index (κ1) is 17.8. The molecule has 28 heavy (non-hydrogen) atoms. The Morgan fingerprint density at radius 3 is 2.46 bits per heavy atom. The quantitative estimate of drug-likeness (QED) is 0.591. The van der Waals surface area contributed by atoms with E-state index in [0.717, 1.165) is 5.57 Å². The van der Waals surface area contributed by atoms with Crippen LogP contribution in [0.4, 0.5) is 0 Å². The topological polar surface area (TPSA) is 109 Å². The summed E-state index contributed by atoms with van der Waals surface area (Å²) in [5.74, 6) is 0.0845. The number of rotatable bonds is 3. The van der Waals surface area contributed by atoms with Crippen molar-refractivity contribution in [3.05, 3.63) is 51.9 Å². The van der Waals surface area contributed by atoms with Crippen LogP contribution >= 0.6 is 0 Å². The smallest absolute Gasteiger partial charge is 0.231 e. The zero-order valence-electron chi connectivity index (χ0n) is 15.3. The van der Waals surface area contributed by atoms with E-state index in [4.69, 9.17) is 13.9 Å². The number of allylic oxidation sites excluding steroid dienone is 2. The Kier molecular flexibility index (Phi) is 4.15. The van der Waals surface area contributed by atoms with Gasteiger partial charge in [-0.2, -0.15) is 0 Å². The molecule has 0 saturated carbocycles. The number of hydrogen-bond acceptors (Lipinski definition) is 7. The summed E-state index contributed by atoms with van der Waals surface area (Å²) < 4.78 is 16.0. The second-order valence-corrected chi connectivity index (χ2v) is 6.78. The number of aromatic hydroxyl groups is 3. The molecule has 0 unspecified atom stereocenters. The minimum absolute atomic E-state index is 0.0261. The number of phenols is 3. The third-order valence-electron chi connectivity index (χ3n) is 4.62. The van der Waals surface area contributed by atoms with Crippen LogP contribution in [-0.2, 0) is 6.42 Å². The molecule has 0 atom stereocenters. The van der Waals surface area contributed by atoms with Gasteiger partial charge in [0.1, 0.15) is 34.5 Å². The van der Waals surface area contributed by atoms with Gasteiger partial charge in [0.25, 0.3) is 0 Å². The summed E-state index contributed by atoms with van der Waals surface area (Å²) in [6, 6.07) is 4.14. The number of ether oxygens (including phenoxy) is 2. The largest absolute Gasteiger partial charge is 0.507 e. The normalized spacial score (nSPS) is 12.4. The standard InChI is InChI=1S/C21H18O7/c1-10(2)3-4-11-14(22)7-18-19(20(11)24)21(25)13(8-26-18)12-5-16-17(6-15(12)23)28-9-27-16/h3,5-8,22-24H,4,9H2,1-2H3. The molecule has 0 spiro atoms. The van der Waals surface area contributed by atoms with Crippen molar-refractivity contribution in [1.82, 2.24) is 0 Å². The highest BCUT2D eigenvalue weighted by molar-refractivity contribution is 5.90. The summed E-state index contributed by atoms with van der Waals surface area (Å²) in [6.07, 6.45) is 3.27. The average Bonchev–Trinajstić information content (AvgIpc) is 3.08. The van der Waals surface area contributed by atoms with Crippen LogP contribution in [-0.4, -0.2) is 22.1 Å². The summed E-state index contributed by atoms with van der Waals surface area (Å²) in [5.41, 5.74) is 0.991. The van der Waals surface area contributed by atoms with Gasteiger partial charge < -0.3 is 29.2 Å². The first-order valence-corrected chi connectivity index (χ1v) is 8.62. The predicted molar refractivity (Wildman–Crippen MR) is 102 cm³/mol. The van der Waals surface area contributed by atoms with Crippen LogP contribution in [0.2, 0.25) is 0 Å². The lowest BCUT2D eigenvalue weighted by Crippen LogP contribution is -2.06. The lowest BCUT2D eigenvalue weighted by molar-refractivity contribution is 0.174. The van der Waals surface area contributed by atoms with E-state index in [1.165, 1.54) is 24.5 Å². The highest BCUT2D eigenvalue weighted by Gasteiger charge is 2.23. The van der Waals surface area contributed by atoms with E-state index in [1.807, 2.05) is 19.9 Å². The van der Waals surface area contributed by atoms with Gasteiger partial charge in [0.2, 0.25) is 12.2 Å². The van der Waals surface area contributed by atoms with E-state index >= 15 is 0 Å². The van der Waals surface area contributed by atoms with Crippen LogP contribution in [0.15, 0.2) is 45.3 Å². The predicted octanol–water partition coefficient (Wildman–Crippen LogP) is 3.81. The zero-order valence-corrected chi connectivity index (χ0v) is 15.3. The van der Waals surface area contributed by atoms with Crippen LogP contribution in [0.3, 0.4) is 0 Å².